The third-order valence-corrected chi connectivity index (χ3v) is 3.34. The van der Waals surface area contributed by atoms with Crippen LogP contribution in [-0.4, -0.2) is 19.2 Å². The van der Waals surface area contributed by atoms with Crippen LogP contribution in [0.25, 0.3) is 0 Å². The van der Waals surface area contributed by atoms with Gasteiger partial charge in [0.25, 0.3) is 0 Å². The smallest absolute Gasteiger partial charge is 0.305 e. The summed E-state index contributed by atoms with van der Waals surface area (Å²) in [6.45, 7) is 2.89. The highest BCUT2D eigenvalue weighted by Crippen LogP contribution is 2.28. The van der Waals surface area contributed by atoms with Crippen molar-refractivity contribution in [1.82, 2.24) is 0 Å². The molecule has 0 bridgehead atoms. The number of carbonyl (C=O) groups excluding carboxylic acids is 1. The van der Waals surface area contributed by atoms with Gasteiger partial charge in [0.1, 0.15) is 5.75 Å². The molecule has 0 aliphatic rings. The van der Waals surface area contributed by atoms with E-state index >= 15 is 0 Å². The Kier molecular flexibility index (Phi) is 7.91. The van der Waals surface area contributed by atoms with Gasteiger partial charge in [-0.15, -0.1) is 0 Å². The third kappa shape index (κ3) is 6.83. The molecule has 19 heavy (non-hydrogen) atoms. The number of hydrogen-bond donors (Lipinski definition) is 0. The lowest BCUT2D eigenvalue weighted by Gasteiger charge is -2.08. The lowest BCUT2D eigenvalue weighted by Crippen LogP contribution is -2.04. The van der Waals surface area contributed by atoms with Gasteiger partial charge in [0.2, 0.25) is 0 Å². The maximum atomic E-state index is 11.1. The van der Waals surface area contributed by atoms with Crippen LogP contribution in [0.5, 0.6) is 5.75 Å². The normalized spacial score (nSPS) is 10.3. The van der Waals surface area contributed by atoms with Gasteiger partial charge in [-0.3, -0.25) is 4.79 Å². The van der Waals surface area contributed by atoms with E-state index in [-0.39, 0.29) is 5.97 Å². The van der Waals surface area contributed by atoms with Crippen LogP contribution in [0.15, 0.2) is 22.7 Å². The Labute approximate surface area is 127 Å². The van der Waals surface area contributed by atoms with Gasteiger partial charge >= 0.3 is 5.97 Å². The van der Waals surface area contributed by atoms with Crippen LogP contribution in [0.1, 0.15) is 32.6 Å². The van der Waals surface area contributed by atoms with Crippen LogP contribution in [0.2, 0.25) is 5.02 Å². The van der Waals surface area contributed by atoms with Crippen molar-refractivity contribution in [3.63, 3.8) is 0 Å². The number of ether oxygens (including phenoxy) is 2. The fraction of sp³-hybridized carbons (Fsp3) is 0.500. The van der Waals surface area contributed by atoms with E-state index in [1.165, 1.54) is 0 Å². The van der Waals surface area contributed by atoms with Gasteiger partial charge in [-0.25, -0.2) is 0 Å². The van der Waals surface area contributed by atoms with Crippen LogP contribution < -0.4 is 4.74 Å². The van der Waals surface area contributed by atoms with Crippen molar-refractivity contribution in [2.45, 2.75) is 32.6 Å². The molecule has 0 N–H and O–H groups in total. The summed E-state index contributed by atoms with van der Waals surface area (Å²) in [6.07, 6.45) is 3.18. The van der Waals surface area contributed by atoms with E-state index in [0.717, 1.165) is 29.5 Å². The second-order valence-electron chi connectivity index (χ2n) is 4.04. The highest BCUT2D eigenvalue weighted by molar-refractivity contribution is 9.10. The van der Waals surface area contributed by atoms with Crippen molar-refractivity contribution in [2.24, 2.45) is 0 Å². The summed E-state index contributed by atoms with van der Waals surface area (Å²) in [7, 11) is 0. The molecule has 0 fully saturated rings. The van der Waals surface area contributed by atoms with Crippen LogP contribution in [0.3, 0.4) is 0 Å². The van der Waals surface area contributed by atoms with Gasteiger partial charge in [0, 0.05) is 11.4 Å². The summed E-state index contributed by atoms with van der Waals surface area (Å²) in [4.78, 5) is 11.1. The molecule has 0 heterocycles. The number of hydrogen-bond acceptors (Lipinski definition) is 3. The molecule has 0 amide bonds. The zero-order chi connectivity index (χ0) is 14.1. The number of halogens is 2. The molecule has 0 saturated carbocycles. The molecule has 1 aromatic rings. The first-order valence-electron chi connectivity index (χ1n) is 6.37. The summed E-state index contributed by atoms with van der Waals surface area (Å²) in [5.74, 6) is 0.665. The Hall–Kier alpha value is -0.740. The fourth-order valence-electron chi connectivity index (χ4n) is 1.56. The van der Waals surface area contributed by atoms with Crippen LogP contribution in [-0.2, 0) is 9.53 Å². The van der Waals surface area contributed by atoms with Gasteiger partial charge in [0.15, 0.2) is 0 Å². The molecule has 0 radical (unpaired) electrons. The molecule has 106 valence electrons. The van der Waals surface area contributed by atoms with Crippen molar-refractivity contribution in [3.05, 3.63) is 27.7 Å². The van der Waals surface area contributed by atoms with E-state index in [1.807, 2.05) is 13.0 Å². The Morgan fingerprint density at radius 1 is 1.32 bits per heavy atom. The minimum atomic E-state index is -0.121. The Morgan fingerprint density at radius 2 is 2.11 bits per heavy atom. The van der Waals surface area contributed by atoms with Crippen LogP contribution in [0, 0.1) is 0 Å². The Morgan fingerprint density at radius 3 is 2.79 bits per heavy atom. The number of esters is 1. The molecule has 0 aliphatic heterocycles. The lowest BCUT2D eigenvalue weighted by molar-refractivity contribution is -0.143. The van der Waals surface area contributed by atoms with E-state index in [4.69, 9.17) is 21.1 Å². The third-order valence-electron chi connectivity index (χ3n) is 2.48. The van der Waals surface area contributed by atoms with E-state index in [1.54, 1.807) is 12.1 Å². The largest absolute Gasteiger partial charge is 0.492 e. The topological polar surface area (TPSA) is 35.5 Å². The predicted molar refractivity (Wildman–Crippen MR) is 79.7 cm³/mol. The molecule has 0 unspecified atom stereocenters. The molecule has 3 nitrogen and oxygen atoms in total. The van der Waals surface area contributed by atoms with E-state index < -0.39 is 0 Å². The van der Waals surface area contributed by atoms with E-state index in [0.29, 0.717) is 24.7 Å². The van der Waals surface area contributed by atoms with Crippen LogP contribution >= 0.6 is 27.5 Å². The van der Waals surface area contributed by atoms with Gasteiger partial charge in [-0.05, 0) is 60.3 Å². The molecule has 0 atom stereocenters. The van der Waals surface area contributed by atoms with Crippen molar-refractivity contribution >= 4 is 33.5 Å². The highest BCUT2D eigenvalue weighted by atomic mass is 79.9. The summed E-state index contributed by atoms with van der Waals surface area (Å²) in [5, 5.41) is 0.675. The number of benzene rings is 1. The summed E-state index contributed by atoms with van der Waals surface area (Å²) in [6, 6.07) is 5.44. The minimum absolute atomic E-state index is 0.121. The van der Waals surface area contributed by atoms with Crippen molar-refractivity contribution in [2.75, 3.05) is 13.2 Å². The SMILES string of the molecule is CCOC(=O)CCCCCOc1ccc(Cl)cc1Br. The maximum absolute atomic E-state index is 11.1. The quantitative estimate of drug-likeness (QED) is 0.508. The molecule has 0 spiro atoms. The molecular formula is C14H18BrClO3. The van der Waals surface area contributed by atoms with E-state index in [9.17, 15) is 4.79 Å². The molecule has 1 aromatic carbocycles. The van der Waals surface area contributed by atoms with Crippen LogP contribution in [0.4, 0.5) is 0 Å². The number of unbranched alkanes of at least 4 members (excludes halogenated alkanes) is 2. The zero-order valence-electron chi connectivity index (χ0n) is 11.0. The van der Waals surface area contributed by atoms with Gasteiger partial charge in [-0.1, -0.05) is 11.6 Å². The second kappa shape index (κ2) is 9.21. The predicted octanol–water partition coefficient (Wildman–Crippen LogP) is 4.60. The average Bonchev–Trinajstić information content (AvgIpc) is 2.36. The molecule has 0 aromatic heterocycles. The van der Waals surface area contributed by atoms with Gasteiger partial charge in [-0.2, -0.15) is 0 Å². The van der Waals surface area contributed by atoms with Crippen molar-refractivity contribution < 1.29 is 14.3 Å². The van der Waals surface area contributed by atoms with Gasteiger partial charge < -0.3 is 9.47 Å². The first kappa shape index (κ1) is 16.3. The van der Waals surface area contributed by atoms with Gasteiger partial charge in [0.05, 0.1) is 17.7 Å². The molecular weight excluding hydrogens is 332 g/mol. The van der Waals surface area contributed by atoms with Crippen molar-refractivity contribution in [1.29, 1.82) is 0 Å². The first-order valence-corrected chi connectivity index (χ1v) is 7.54. The maximum Gasteiger partial charge on any atom is 0.305 e. The summed E-state index contributed by atoms with van der Waals surface area (Å²) in [5.41, 5.74) is 0. The average molecular weight is 350 g/mol. The van der Waals surface area contributed by atoms with E-state index in [2.05, 4.69) is 15.9 Å². The van der Waals surface area contributed by atoms with Crippen molar-refractivity contribution in [3.8, 4) is 5.75 Å². The Balaban J connectivity index is 2.12. The monoisotopic (exact) mass is 348 g/mol. The number of rotatable bonds is 8. The molecule has 0 aliphatic carbocycles. The molecule has 5 heteroatoms. The summed E-state index contributed by atoms with van der Waals surface area (Å²) < 4.78 is 11.3. The Bertz CT molecular complexity index is 410. The summed E-state index contributed by atoms with van der Waals surface area (Å²) >= 11 is 9.24. The molecule has 1 rings (SSSR count). The highest BCUT2D eigenvalue weighted by Gasteiger charge is 2.03. The zero-order valence-corrected chi connectivity index (χ0v) is 13.3. The standard InChI is InChI=1S/C14H18BrClO3/c1-2-18-14(17)6-4-3-5-9-19-13-8-7-11(16)10-12(13)15/h7-8,10H,2-6,9H2,1H3. The minimum Gasteiger partial charge on any atom is -0.492 e. The fourth-order valence-corrected chi connectivity index (χ4v) is 2.35. The first-order chi connectivity index (χ1) is 9.13. The second-order valence-corrected chi connectivity index (χ2v) is 5.33. The lowest BCUT2D eigenvalue weighted by atomic mass is 10.2. The number of carbonyl (C=O) groups is 1. The molecule has 0 saturated heterocycles.